The van der Waals surface area contributed by atoms with Crippen LogP contribution in [0.5, 0.6) is 0 Å². The van der Waals surface area contributed by atoms with E-state index in [0.717, 1.165) is 43.5 Å². The summed E-state index contributed by atoms with van der Waals surface area (Å²) in [5.74, 6) is 0.832. The first kappa shape index (κ1) is 18.4. The van der Waals surface area contributed by atoms with Crippen molar-refractivity contribution in [3.05, 3.63) is 52.1 Å². The van der Waals surface area contributed by atoms with Gasteiger partial charge in [0.2, 0.25) is 4.77 Å². The van der Waals surface area contributed by atoms with E-state index in [1.165, 1.54) is 11.3 Å². The molecule has 27 heavy (non-hydrogen) atoms. The summed E-state index contributed by atoms with van der Waals surface area (Å²) >= 11 is 7.06. The molecule has 1 aliphatic heterocycles. The summed E-state index contributed by atoms with van der Waals surface area (Å²) in [4.78, 5) is 10.2. The molecule has 1 aromatic carbocycles. The molecular formula is C19H23N5OS2. The van der Waals surface area contributed by atoms with Crippen molar-refractivity contribution in [2.45, 2.75) is 13.2 Å². The van der Waals surface area contributed by atoms with Gasteiger partial charge < -0.3 is 9.64 Å². The van der Waals surface area contributed by atoms with Gasteiger partial charge in [0.1, 0.15) is 0 Å². The highest BCUT2D eigenvalue weighted by atomic mass is 32.1. The first-order valence-corrected chi connectivity index (χ1v) is 10.3. The summed E-state index contributed by atoms with van der Waals surface area (Å²) < 4.78 is 7.91. The minimum absolute atomic E-state index is 0.577. The number of rotatable bonds is 6. The molecule has 0 unspecified atom stereocenters. The Labute approximate surface area is 168 Å². The third-order valence-electron chi connectivity index (χ3n) is 4.58. The third kappa shape index (κ3) is 4.47. The van der Waals surface area contributed by atoms with E-state index in [2.05, 4.69) is 51.2 Å². The van der Waals surface area contributed by atoms with Crippen LogP contribution in [-0.2, 0) is 18.0 Å². The number of anilines is 1. The van der Waals surface area contributed by atoms with Gasteiger partial charge in [-0.05, 0) is 48.4 Å². The molecule has 142 valence electrons. The molecule has 3 heterocycles. The highest BCUT2D eigenvalue weighted by Crippen LogP contribution is 2.21. The van der Waals surface area contributed by atoms with E-state index in [1.54, 1.807) is 11.3 Å². The van der Waals surface area contributed by atoms with Gasteiger partial charge in [-0.25, -0.2) is 4.68 Å². The Bertz CT molecular complexity index is 910. The molecule has 1 aliphatic rings. The zero-order chi connectivity index (χ0) is 18.6. The maximum atomic E-state index is 5.42. The molecule has 8 heteroatoms. The van der Waals surface area contributed by atoms with Crippen LogP contribution in [0.4, 0.5) is 5.69 Å². The van der Waals surface area contributed by atoms with Crippen molar-refractivity contribution in [2.75, 3.05) is 38.3 Å². The number of aromatic amines is 1. The largest absolute Gasteiger partial charge is 0.378 e. The Balaban J connectivity index is 1.38. The molecular weight excluding hydrogens is 378 g/mol. The van der Waals surface area contributed by atoms with Crippen LogP contribution in [0, 0.1) is 4.77 Å². The Morgan fingerprint density at radius 2 is 2.00 bits per heavy atom. The number of hydrogen-bond acceptors (Lipinski definition) is 6. The van der Waals surface area contributed by atoms with Crippen molar-refractivity contribution < 1.29 is 4.74 Å². The monoisotopic (exact) mass is 401 g/mol. The van der Waals surface area contributed by atoms with Crippen molar-refractivity contribution in [1.29, 1.82) is 0 Å². The third-order valence-corrected chi connectivity index (χ3v) is 5.77. The van der Waals surface area contributed by atoms with E-state index in [-0.39, 0.29) is 0 Å². The van der Waals surface area contributed by atoms with E-state index < -0.39 is 0 Å². The van der Waals surface area contributed by atoms with E-state index in [1.807, 2.05) is 22.2 Å². The minimum atomic E-state index is 0.577. The Morgan fingerprint density at radius 1 is 1.22 bits per heavy atom. The molecule has 0 radical (unpaired) electrons. The van der Waals surface area contributed by atoms with Gasteiger partial charge in [0, 0.05) is 25.3 Å². The fourth-order valence-corrected chi connectivity index (χ4v) is 4.07. The smallest absolute Gasteiger partial charge is 0.217 e. The molecule has 0 bridgehead atoms. The standard InChI is InChI=1S/C19H23N5OS2/c1-22(14-24-19(26)20-18(21-24)17-3-2-12-27-17)13-15-4-6-16(7-5-15)23-8-10-25-11-9-23/h2-7,12H,8-11,13-14H2,1H3,(H,20,21,26). The number of nitrogens with zero attached hydrogens (tertiary/aromatic N) is 4. The molecule has 0 aliphatic carbocycles. The lowest BCUT2D eigenvalue weighted by atomic mass is 10.2. The summed E-state index contributed by atoms with van der Waals surface area (Å²) in [6.07, 6.45) is 0. The minimum Gasteiger partial charge on any atom is -0.378 e. The maximum absolute atomic E-state index is 5.42. The number of hydrogen-bond donors (Lipinski definition) is 1. The average molecular weight is 402 g/mol. The molecule has 1 fully saturated rings. The van der Waals surface area contributed by atoms with Crippen molar-refractivity contribution in [3.63, 3.8) is 0 Å². The lowest BCUT2D eigenvalue weighted by molar-refractivity contribution is 0.122. The van der Waals surface area contributed by atoms with Crippen molar-refractivity contribution >= 4 is 29.2 Å². The van der Waals surface area contributed by atoms with Crippen LogP contribution in [-0.4, -0.2) is 53.0 Å². The van der Waals surface area contributed by atoms with Crippen LogP contribution in [0.25, 0.3) is 10.7 Å². The zero-order valence-corrected chi connectivity index (χ0v) is 16.9. The fourth-order valence-electron chi connectivity index (χ4n) is 3.21. The maximum Gasteiger partial charge on any atom is 0.217 e. The topological polar surface area (TPSA) is 49.3 Å². The number of aromatic nitrogens is 3. The number of thiophene rings is 1. The molecule has 2 aromatic heterocycles. The zero-order valence-electron chi connectivity index (χ0n) is 15.3. The molecule has 1 saturated heterocycles. The van der Waals surface area contributed by atoms with Gasteiger partial charge in [0.15, 0.2) is 5.82 Å². The quantitative estimate of drug-likeness (QED) is 0.640. The second kappa shape index (κ2) is 8.35. The molecule has 0 saturated carbocycles. The summed E-state index contributed by atoms with van der Waals surface area (Å²) in [6.45, 7) is 5.06. The molecule has 3 aromatic rings. The molecule has 0 spiro atoms. The molecule has 0 atom stereocenters. The van der Waals surface area contributed by atoms with Gasteiger partial charge in [-0.15, -0.1) is 11.3 Å². The van der Waals surface area contributed by atoms with Crippen molar-refractivity contribution in [2.24, 2.45) is 0 Å². The van der Waals surface area contributed by atoms with Crippen LogP contribution in [0.1, 0.15) is 5.56 Å². The van der Waals surface area contributed by atoms with Crippen LogP contribution in [0.2, 0.25) is 0 Å². The first-order chi connectivity index (χ1) is 13.2. The Kier molecular flexibility index (Phi) is 5.68. The second-order valence-corrected chi connectivity index (χ2v) is 7.99. The lowest BCUT2D eigenvalue weighted by Gasteiger charge is -2.29. The summed E-state index contributed by atoms with van der Waals surface area (Å²) in [6, 6.07) is 12.9. The molecule has 1 N–H and O–H groups in total. The van der Waals surface area contributed by atoms with E-state index in [4.69, 9.17) is 17.0 Å². The number of ether oxygens (including phenoxy) is 1. The van der Waals surface area contributed by atoms with Gasteiger partial charge >= 0.3 is 0 Å². The van der Waals surface area contributed by atoms with Crippen molar-refractivity contribution in [3.8, 4) is 10.7 Å². The van der Waals surface area contributed by atoms with Gasteiger partial charge in [0.05, 0.1) is 24.8 Å². The fraction of sp³-hybridized carbons (Fsp3) is 0.368. The van der Waals surface area contributed by atoms with Crippen LogP contribution in [0.15, 0.2) is 41.8 Å². The molecule has 4 rings (SSSR count). The summed E-state index contributed by atoms with van der Waals surface area (Å²) in [7, 11) is 2.09. The van der Waals surface area contributed by atoms with E-state index >= 15 is 0 Å². The highest BCUT2D eigenvalue weighted by Gasteiger charge is 2.12. The number of benzene rings is 1. The molecule has 6 nitrogen and oxygen atoms in total. The highest BCUT2D eigenvalue weighted by molar-refractivity contribution is 7.71. The number of morpholine rings is 1. The lowest BCUT2D eigenvalue weighted by Crippen LogP contribution is -2.36. The number of H-pyrrole nitrogens is 1. The van der Waals surface area contributed by atoms with Gasteiger partial charge in [0.25, 0.3) is 0 Å². The van der Waals surface area contributed by atoms with Crippen LogP contribution < -0.4 is 4.90 Å². The van der Waals surface area contributed by atoms with Gasteiger partial charge in [-0.3, -0.25) is 10.00 Å². The Morgan fingerprint density at radius 3 is 2.70 bits per heavy atom. The Hall–Kier alpha value is -2.00. The van der Waals surface area contributed by atoms with Crippen molar-refractivity contribution in [1.82, 2.24) is 19.7 Å². The van der Waals surface area contributed by atoms with Gasteiger partial charge in [-0.1, -0.05) is 18.2 Å². The normalized spacial score (nSPS) is 14.8. The van der Waals surface area contributed by atoms with Gasteiger partial charge in [-0.2, -0.15) is 4.98 Å². The summed E-state index contributed by atoms with van der Waals surface area (Å²) in [5.41, 5.74) is 2.54. The SMILES string of the molecule is CN(Cc1ccc(N2CCOCC2)cc1)Cn1[nH]c(-c2cccs2)nc1=S. The molecule has 0 amide bonds. The predicted octanol–water partition coefficient (Wildman–Crippen LogP) is 3.60. The van der Waals surface area contributed by atoms with Crippen LogP contribution >= 0.6 is 23.6 Å². The number of nitrogens with one attached hydrogen (secondary N) is 1. The van der Waals surface area contributed by atoms with E-state index in [0.29, 0.717) is 11.4 Å². The first-order valence-electron chi connectivity index (χ1n) is 9.00. The van der Waals surface area contributed by atoms with E-state index in [9.17, 15) is 0 Å². The summed E-state index contributed by atoms with van der Waals surface area (Å²) in [5, 5.41) is 5.34. The predicted molar refractivity (Wildman–Crippen MR) is 112 cm³/mol. The second-order valence-electron chi connectivity index (χ2n) is 6.68. The average Bonchev–Trinajstić information content (AvgIpc) is 3.33. The van der Waals surface area contributed by atoms with Crippen LogP contribution in [0.3, 0.4) is 0 Å².